The van der Waals surface area contributed by atoms with E-state index in [1.165, 1.54) is 24.1 Å². The second kappa shape index (κ2) is 5.97. The third-order valence-electron chi connectivity index (χ3n) is 2.68. The Morgan fingerprint density at radius 1 is 1.29 bits per heavy atom. The van der Waals surface area contributed by atoms with Crippen LogP contribution in [0.25, 0.3) is 0 Å². The summed E-state index contributed by atoms with van der Waals surface area (Å²) in [6.45, 7) is 1.57. The molecule has 0 unspecified atom stereocenters. The molecule has 0 atom stereocenters. The average molecular weight is 346 g/mol. The summed E-state index contributed by atoms with van der Waals surface area (Å²) in [6, 6.07) is 2.72. The summed E-state index contributed by atoms with van der Waals surface area (Å²) in [4.78, 5) is 28.6. The number of rotatable bonds is 3. The Bertz CT molecular complexity index is 712. The normalized spacial score (nSPS) is 10.5. The number of anilines is 1. The number of carbonyl (C=O) groups is 2. The van der Waals surface area contributed by atoms with Gasteiger partial charge in [0.05, 0.1) is 5.69 Å². The van der Waals surface area contributed by atoms with Gasteiger partial charge in [0.15, 0.2) is 0 Å². The Hall–Kier alpha value is -1.70. The molecular formula is C12H9Cl2N3O3S. The molecule has 0 spiro atoms. The van der Waals surface area contributed by atoms with Crippen LogP contribution >= 0.6 is 34.7 Å². The van der Waals surface area contributed by atoms with Crippen molar-refractivity contribution in [2.75, 3.05) is 11.9 Å². The van der Waals surface area contributed by atoms with E-state index in [-0.39, 0.29) is 26.4 Å². The molecule has 21 heavy (non-hydrogen) atoms. The fraction of sp³-hybridized carbons (Fsp3) is 0.167. The van der Waals surface area contributed by atoms with Gasteiger partial charge >= 0.3 is 5.97 Å². The van der Waals surface area contributed by atoms with Crippen LogP contribution < -0.4 is 4.90 Å². The number of hydrogen-bond acceptors (Lipinski definition) is 5. The molecule has 2 aromatic heterocycles. The van der Waals surface area contributed by atoms with Crippen molar-refractivity contribution in [1.29, 1.82) is 0 Å². The van der Waals surface area contributed by atoms with Crippen LogP contribution in [0.4, 0.5) is 5.00 Å². The largest absolute Gasteiger partial charge is 0.478 e. The molecule has 0 radical (unpaired) electrons. The Morgan fingerprint density at radius 3 is 2.38 bits per heavy atom. The minimum absolute atomic E-state index is 0.00194. The van der Waals surface area contributed by atoms with Crippen molar-refractivity contribution in [3.8, 4) is 0 Å². The standard InChI is InChI=1S/C12H9Cl2N3O3S/c1-5-9(12(19)20)11(21-16-5)17(2)10(18)6-3-7(13)15-8(14)4-6/h3-4H,1-2H3,(H,19,20). The number of pyridine rings is 1. The van der Waals surface area contributed by atoms with Crippen LogP contribution in [0.2, 0.25) is 10.3 Å². The number of amides is 1. The van der Waals surface area contributed by atoms with Crippen LogP contribution in [0.5, 0.6) is 0 Å². The molecule has 0 aliphatic heterocycles. The van der Waals surface area contributed by atoms with Gasteiger partial charge in [-0.3, -0.25) is 4.79 Å². The molecule has 0 aromatic carbocycles. The summed E-state index contributed by atoms with van der Waals surface area (Å²) in [5.41, 5.74) is 0.569. The van der Waals surface area contributed by atoms with E-state index < -0.39 is 11.9 Å². The van der Waals surface area contributed by atoms with Crippen LogP contribution in [-0.2, 0) is 0 Å². The Morgan fingerprint density at radius 2 is 1.86 bits per heavy atom. The first kappa shape index (κ1) is 15.7. The molecule has 2 rings (SSSR count). The molecule has 110 valence electrons. The molecule has 9 heteroatoms. The summed E-state index contributed by atoms with van der Waals surface area (Å²) in [5.74, 6) is -1.59. The number of aromatic nitrogens is 2. The maximum atomic E-state index is 12.4. The Balaban J connectivity index is 2.42. The molecule has 6 nitrogen and oxygen atoms in total. The van der Waals surface area contributed by atoms with Gasteiger partial charge in [-0.25, -0.2) is 9.78 Å². The Kier molecular flexibility index (Phi) is 4.46. The first-order valence-electron chi connectivity index (χ1n) is 5.62. The second-order valence-corrected chi connectivity index (χ2v) is 5.65. The van der Waals surface area contributed by atoms with E-state index in [0.29, 0.717) is 5.69 Å². The fourth-order valence-electron chi connectivity index (χ4n) is 1.71. The van der Waals surface area contributed by atoms with Crippen LogP contribution in [0, 0.1) is 6.92 Å². The third kappa shape index (κ3) is 3.15. The highest BCUT2D eigenvalue weighted by molar-refractivity contribution is 7.11. The van der Waals surface area contributed by atoms with Crippen LogP contribution in [0.1, 0.15) is 26.4 Å². The summed E-state index contributed by atoms with van der Waals surface area (Å²) < 4.78 is 3.97. The predicted octanol–water partition coefficient (Wildman–Crippen LogP) is 3.13. The molecule has 0 aliphatic rings. The molecule has 0 saturated carbocycles. The number of aromatic carboxylic acids is 1. The number of carbonyl (C=O) groups excluding carboxylic acids is 1. The van der Waals surface area contributed by atoms with Crippen molar-refractivity contribution in [2.24, 2.45) is 0 Å². The van der Waals surface area contributed by atoms with Gasteiger partial charge in [0.25, 0.3) is 5.91 Å². The van der Waals surface area contributed by atoms with E-state index in [1.54, 1.807) is 6.92 Å². The van der Waals surface area contributed by atoms with Crippen LogP contribution in [0.15, 0.2) is 12.1 Å². The number of nitrogens with zero attached hydrogens (tertiary/aromatic N) is 3. The lowest BCUT2D eigenvalue weighted by atomic mass is 10.2. The maximum Gasteiger partial charge on any atom is 0.340 e. The van der Waals surface area contributed by atoms with Gasteiger partial charge in [0, 0.05) is 12.6 Å². The van der Waals surface area contributed by atoms with Crippen molar-refractivity contribution < 1.29 is 14.7 Å². The van der Waals surface area contributed by atoms with E-state index in [0.717, 1.165) is 11.5 Å². The van der Waals surface area contributed by atoms with E-state index >= 15 is 0 Å². The first-order chi connectivity index (χ1) is 9.81. The zero-order valence-corrected chi connectivity index (χ0v) is 13.3. The highest BCUT2D eigenvalue weighted by Gasteiger charge is 2.25. The van der Waals surface area contributed by atoms with Crippen molar-refractivity contribution in [3.05, 3.63) is 39.3 Å². The lowest BCUT2D eigenvalue weighted by molar-refractivity contribution is 0.0697. The maximum absolute atomic E-state index is 12.4. The Labute approximate surface area is 134 Å². The SMILES string of the molecule is Cc1nsc(N(C)C(=O)c2cc(Cl)nc(Cl)c2)c1C(=O)O. The number of halogens is 2. The molecule has 0 bridgehead atoms. The number of hydrogen-bond donors (Lipinski definition) is 1. The minimum Gasteiger partial charge on any atom is -0.478 e. The predicted molar refractivity (Wildman–Crippen MR) is 80.8 cm³/mol. The third-order valence-corrected chi connectivity index (χ3v) is 4.08. The van der Waals surface area contributed by atoms with Gasteiger partial charge in [-0.1, -0.05) is 23.2 Å². The first-order valence-corrected chi connectivity index (χ1v) is 7.15. The van der Waals surface area contributed by atoms with Crippen molar-refractivity contribution in [3.63, 3.8) is 0 Å². The molecule has 1 amide bonds. The van der Waals surface area contributed by atoms with E-state index in [2.05, 4.69) is 9.36 Å². The monoisotopic (exact) mass is 345 g/mol. The molecule has 2 heterocycles. The van der Waals surface area contributed by atoms with Crippen molar-refractivity contribution in [1.82, 2.24) is 9.36 Å². The number of aryl methyl sites for hydroxylation is 1. The molecule has 0 aliphatic carbocycles. The van der Waals surface area contributed by atoms with E-state index in [9.17, 15) is 14.7 Å². The molecule has 0 saturated heterocycles. The lowest BCUT2D eigenvalue weighted by Gasteiger charge is -2.16. The van der Waals surface area contributed by atoms with Crippen LogP contribution in [0.3, 0.4) is 0 Å². The van der Waals surface area contributed by atoms with Crippen molar-refractivity contribution >= 4 is 51.6 Å². The molecule has 1 N–H and O–H groups in total. The molecule has 0 fully saturated rings. The fourth-order valence-corrected chi connectivity index (χ4v) is 3.01. The zero-order chi connectivity index (χ0) is 15.7. The van der Waals surface area contributed by atoms with E-state index in [4.69, 9.17) is 23.2 Å². The van der Waals surface area contributed by atoms with Crippen LogP contribution in [-0.4, -0.2) is 33.4 Å². The van der Waals surface area contributed by atoms with Crippen molar-refractivity contribution in [2.45, 2.75) is 6.92 Å². The van der Waals surface area contributed by atoms with Gasteiger partial charge in [-0.2, -0.15) is 4.37 Å². The summed E-state index contributed by atoms with van der Waals surface area (Å²) in [6.07, 6.45) is 0. The van der Waals surface area contributed by atoms with Gasteiger partial charge < -0.3 is 10.0 Å². The summed E-state index contributed by atoms with van der Waals surface area (Å²) in [7, 11) is 1.46. The smallest absolute Gasteiger partial charge is 0.340 e. The molecular weight excluding hydrogens is 337 g/mol. The zero-order valence-electron chi connectivity index (χ0n) is 10.9. The highest BCUT2D eigenvalue weighted by atomic mass is 35.5. The minimum atomic E-state index is -1.14. The second-order valence-electron chi connectivity index (χ2n) is 4.12. The van der Waals surface area contributed by atoms with E-state index in [1.807, 2.05) is 0 Å². The van der Waals surface area contributed by atoms with Gasteiger partial charge in [-0.05, 0) is 30.6 Å². The summed E-state index contributed by atoms with van der Waals surface area (Å²) >= 11 is 12.5. The van der Waals surface area contributed by atoms with Gasteiger partial charge in [0.2, 0.25) is 0 Å². The number of carboxylic acid groups (broad SMARTS) is 1. The van der Waals surface area contributed by atoms with Gasteiger partial charge in [-0.15, -0.1) is 0 Å². The average Bonchev–Trinajstić information content (AvgIpc) is 2.77. The topological polar surface area (TPSA) is 83.4 Å². The number of carboxylic acids is 1. The van der Waals surface area contributed by atoms with Gasteiger partial charge in [0.1, 0.15) is 20.9 Å². The molecule has 2 aromatic rings. The summed E-state index contributed by atoms with van der Waals surface area (Å²) in [5, 5.41) is 9.61. The quantitative estimate of drug-likeness (QED) is 0.864. The highest BCUT2D eigenvalue weighted by Crippen LogP contribution is 2.29. The lowest BCUT2D eigenvalue weighted by Crippen LogP contribution is -2.27.